The quantitative estimate of drug-likeness (QED) is 0.235. The maximum absolute atomic E-state index is 12.3. The summed E-state index contributed by atoms with van der Waals surface area (Å²) in [6.45, 7) is 2.03. The Bertz CT molecular complexity index is 991. The van der Waals surface area contributed by atoms with E-state index in [1.165, 1.54) is 0 Å². The summed E-state index contributed by atoms with van der Waals surface area (Å²) in [6.07, 6.45) is 1.09. The lowest BCUT2D eigenvalue weighted by molar-refractivity contribution is -0.116. The fraction of sp³-hybridized carbons (Fsp3) is 0.227. The Labute approximate surface area is 188 Å². The Morgan fingerprint density at radius 3 is 2.57 bits per heavy atom. The lowest BCUT2D eigenvalue weighted by Crippen LogP contribution is -2.11. The lowest BCUT2D eigenvalue weighted by Gasteiger charge is -2.03. The summed E-state index contributed by atoms with van der Waals surface area (Å²) < 4.78 is 5.14. The van der Waals surface area contributed by atoms with Gasteiger partial charge in [0.25, 0.3) is 0 Å². The first-order chi connectivity index (χ1) is 14.6. The van der Waals surface area contributed by atoms with Crippen LogP contribution in [0.2, 0.25) is 5.02 Å². The summed E-state index contributed by atoms with van der Waals surface area (Å²) in [6, 6.07) is 17.0. The minimum atomic E-state index is -0.436. The number of anilines is 1. The van der Waals surface area contributed by atoms with Crippen molar-refractivity contribution in [2.75, 3.05) is 17.7 Å². The summed E-state index contributed by atoms with van der Waals surface area (Å²) in [5.74, 6) is 0.250. The molecule has 3 rings (SSSR count). The fourth-order valence-corrected chi connectivity index (χ4v) is 4.51. The minimum Gasteiger partial charge on any atom is -0.462 e. The normalized spacial score (nSPS) is 10.6. The number of thioether (sulfide) groups is 1. The molecule has 0 spiro atoms. The zero-order valence-corrected chi connectivity index (χ0v) is 18.8. The zero-order valence-electron chi connectivity index (χ0n) is 16.4. The van der Waals surface area contributed by atoms with Crippen molar-refractivity contribution in [1.29, 1.82) is 0 Å². The van der Waals surface area contributed by atoms with Crippen LogP contribution in [0, 0.1) is 0 Å². The molecular formula is C22H21ClN2O3S2. The van der Waals surface area contributed by atoms with Crippen molar-refractivity contribution in [3.8, 4) is 11.3 Å². The molecule has 156 valence electrons. The molecule has 5 nitrogen and oxygen atoms in total. The molecule has 3 aromatic rings. The Kier molecular flexibility index (Phi) is 8.30. The Balaban J connectivity index is 1.59. The number of nitrogens with one attached hydrogen (secondary N) is 1. The van der Waals surface area contributed by atoms with Crippen LogP contribution >= 0.6 is 34.7 Å². The largest absolute Gasteiger partial charge is 0.462 e. The van der Waals surface area contributed by atoms with Gasteiger partial charge in [0.1, 0.15) is 4.88 Å². The number of ether oxygens (including phenoxy) is 1. The number of hydrogen-bond acceptors (Lipinski definition) is 6. The Morgan fingerprint density at radius 2 is 1.87 bits per heavy atom. The number of aromatic nitrogens is 1. The standard InChI is InChI=1S/C22H21ClN2O3S2/c1-2-28-21(27)20-19(15-7-4-3-5-8-15)25-22(30-20)24-18(26)9-6-14-29-17-12-10-16(23)11-13-17/h3-5,7-8,10-13H,2,6,9,14H2,1H3,(H,24,25,26). The van der Waals surface area contributed by atoms with E-state index in [0.29, 0.717) is 27.1 Å². The van der Waals surface area contributed by atoms with Gasteiger partial charge in [-0.05, 0) is 43.4 Å². The fourth-order valence-electron chi connectivity index (χ4n) is 2.64. The van der Waals surface area contributed by atoms with Gasteiger partial charge in [-0.1, -0.05) is 53.3 Å². The van der Waals surface area contributed by atoms with E-state index < -0.39 is 5.97 Å². The highest BCUT2D eigenvalue weighted by Crippen LogP contribution is 2.32. The number of amides is 1. The van der Waals surface area contributed by atoms with Crippen LogP contribution in [0.25, 0.3) is 11.3 Å². The molecule has 8 heteroatoms. The van der Waals surface area contributed by atoms with E-state index in [4.69, 9.17) is 16.3 Å². The maximum atomic E-state index is 12.3. The van der Waals surface area contributed by atoms with Gasteiger partial charge in [-0.25, -0.2) is 9.78 Å². The third kappa shape index (κ3) is 6.32. The van der Waals surface area contributed by atoms with Gasteiger partial charge in [0.15, 0.2) is 5.13 Å². The molecule has 0 atom stereocenters. The summed E-state index contributed by atoms with van der Waals surface area (Å²) in [4.78, 5) is 30.6. The molecule has 0 fully saturated rings. The molecular weight excluding hydrogens is 440 g/mol. The summed E-state index contributed by atoms with van der Waals surface area (Å²) in [7, 11) is 0. The van der Waals surface area contributed by atoms with E-state index >= 15 is 0 Å². The predicted octanol–water partition coefficient (Wildman–Crippen LogP) is 6.15. The van der Waals surface area contributed by atoms with E-state index in [0.717, 1.165) is 34.0 Å². The van der Waals surface area contributed by atoms with Crippen molar-refractivity contribution in [1.82, 2.24) is 4.98 Å². The van der Waals surface area contributed by atoms with Crippen LogP contribution in [0.5, 0.6) is 0 Å². The topological polar surface area (TPSA) is 68.3 Å². The molecule has 0 radical (unpaired) electrons. The van der Waals surface area contributed by atoms with Crippen molar-refractivity contribution in [3.05, 3.63) is 64.5 Å². The van der Waals surface area contributed by atoms with Gasteiger partial charge in [-0.3, -0.25) is 4.79 Å². The van der Waals surface area contributed by atoms with E-state index in [-0.39, 0.29) is 12.5 Å². The monoisotopic (exact) mass is 460 g/mol. The second-order valence-corrected chi connectivity index (χ2v) is 8.84. The van der Waals surface area contributed by atoms with Crippen LogP contribution < -0.4 is 5.32 Å². The highest BCUT2D eigenvalue weighted by molar-refractivity contribution is 7.99. The first-order valence-electron chi connectivity index (χ1n) is 9.48. The molecule has 0 unspecified atom stereocenters. The van der Waals surface area contributed by atoms with Gasteiger partial charge in [-0.15, -0.1) is 11.8 Å². The van der Waals surface area contributed by atoms with Crippen LogP contribution in [0.4, 0.5) is 5.13 Å². The van der Waals surface area contributed by atoms with Gasteiger partial charge in [0.2, 0.25) is 5.91 Å². The average molecular weight is 461 g/mol. The summed E-state index contributed by atoms with van der Waals surface area (Å²) in [5.41, 5.74) is 1.32. The van der Waals surface area contributed by atoms with Crippen molar-refractivity contribution >= 4 is 51.7 Å². The van der Waals surface area contributed by atoms with Gasteiger partial charge >= 0.3 is 5.97 Å². The first-order valence-corrected chi connectivity index (χ1v) is 11.7. The number of nitrogens with zero attached hydrogens (tertiary/aromatic N) is 1. The number of carbonyl (C=O) groups is 2. The molecule has 1 aromatic heterocycles. The van der Waals surface area contributed by atoms with E-state index in [9.17, 15) is 9.59 Å². The smallest absolute Gasteiger partial charge is 0.350 e. The van der Waals surface area contributed by atoms with E-state index in [2.05, 4.69) is 10.3 Å². The van der Waals surface area contributed by atoms with Crippen molar-refractivity contribution < 1.29 is 14.3 Å². The summed E-state index contributed by atoms with van der Waals surface area (Å²) >= 11 is 8.70. The number of esters is 1. The third-order valence-electron chi connectivity index (χ3n) is 4.01. The van der Waals surface area contributed by atoms with Gasteiger partial charge in [-0.2, -0.15) is 0 Å². The van der Waals surface area contributed by atoms with Crippen molar-refractivity contribution in [2.24, 2.45) is 0 Å². The molecule has 1 amide bonds. The second-order valence-electron chi connectivity index (χ2n) is 6.24. The predicted molar refractivity (Wildman–Crippen MR) is 124 cm³/mol. The van der Waals surface area contributed by atoms with E-state index in [1.807, 2.05) is 54.6 Å². The van der Waals surface area contributed by atoms with Gasteiger partial charge in [0, 0.05) is 21.9 Å². The van der Waals surface area contributed by atoms with Crippen LogP contribution in [0.1, 0.15) is 29.4 Å². The number of thiazole rings is 1. The van der Waals surface area contributed by atoms with Crippen LogP contribution in [0.15, 0.2) is 59.5 Å². The van der Waals surface area contributed by atoms with Crippen LogP contribution in [0.3, 0.4) is 0 Å². The SMILES string of the molecule is CCOC(=O)c1sc(NC(=O)CCCSc2ccc(Cl)cc2)nc1-c1ccccc1. The molecule has 0 aliphatic carbocycles. The van der Waals surface area contributed by atoms with Crippen LogP contribution in [-0.2, 0) is 9.53 Å². The van der Waals surface area contributed by atoms with E-state index in [1.54, 1.807) is 18.7 Å². The van der Waals surface area contributed by atoms with Crippen molar-refractivity contribution in [2.45, 2.75) is 24.7 Å². The molecule has 0 saturated heterocycles. The number of hydrogen-bond donors (Lipinski definition) is 1. The first kappa shape index (κ1) is 22.3. The average Bonchev–Trinajstić information content (AvgIpc) is 3.17. The van der Waals surface area contributed by atoms with Gasteiger partial charge < -0.3 is 10.1 Å². The second kappa shape index (κ2) is 11.2. The third-order valence-corrected chi connectivity index (χ3v) is 6.31. The molecule has 0 bridgehead atoms. The number of benzene rings is 2. The number of halogens is 1. The van der Waals surface area contributed by atoms with Crippen LogP contribution in [-0.4, -0.2) is 29.2 Å². The summed E-state index contributed by atoms with van der Waals surface area (Å²) in [5, 5.41) is 3.91. The number of rotatable bonds is 9. The Morgan fingerprint density at radius 1 is 1.13 bits per heavy atom. The molecule has 2 aromatic carbocycles. The maximum Gasteiger partial charge on any atom is 0.350 e. The molecule has 0 aliphatic heterocycles. The van der Waals surface area contributed by atoms with Gasteiger partial charge in [0.05, 0.1) is 12.3 Å². The molecule has 1 N–H and O–H groups in total. The lowest BCUT2D eigenvalue weighted by atomic mass is 10.1. The zero-order chi connectivity index (χ0) is 21.3. The number of carbonyl (C=O) groups excluding carboxylic acids is 2. The molecule has 0 saturated carbocycles. The highest BCUT2D eigenvalue weighted by atomic mass is 35.5. The Hall–Kier alpha value is -2.35. The molecule has 0 aliphatic rings. The van der Waals surface area contributed by atoms with Crippen molar-refractivity contribution in [3.63, 3.8) is 0 Å². The highest BCUT2D eigenvalue weighted by Gasteiger charge is 2.21. The molecule has 30 heavy (non-hydrogen) atoms. The minimum absolute atomic E-state index is 0.129. The molecule has 1 heterocycles.